The highest BCUT2D eigenvalue weighted by molar-refractivity contribution is 7.98. The number of hydrogen-bond acceptors (Lipinski definition) is 8. The molecule has 184 valence electrons. The summed E-state index contributed by atoms with van der Waals surface area (Å²) in [4.78, 5) is 32.5. The van der Waals surface area contributed by atoms with Crippen molar-refractivity contribution in [2.24, 2.45) is 0 Å². The van der Waals surface area contributed by atoms with Crippen LogP contribution in [0.4, 0.5) is 5.69 Å². The quantitative estimate of drug-likeness (QED) is 0.413. The van der Waals surface area contributed by atoms with Crippen LogP contribution in [-0.2, 0) is 21.8 Å². The molecule has 1 saturated heterocycles. The van der Waals surface area contributed by atoms with Crippen molar-refractivity contribution in [3.63, 3.8) is 0 Å². The molecule has 3 aromatic rings. The van der Waals surface area contributed by atoms with Crippen LogP contribution in [0.25, 0.3) is 0 Å². The monoisotopic (exact) mass is 495 g/mol. The number of hydrogen-bond donors (Lipinski definition) is 2. The molecule has 9 nitrogen and oxygen atoms in total. The second-order valence-corrected chi connectivity index (χ2v) is 9.17. The van der Waals surface area contributed by atoms with Gasteiger partial charge in [-0.2, -0.15) is 4.98 Å². The molecule has 35 heavy (non-hydrogen) atoms. The molecule has 1 aliphatic heterocycles. The van der Waals surface area contributed by atoms with Crippen LogP contribution in [0.15, 0.2) is 57.9 Å². The third-order valence-corrected chi connectivity index (χ3v) is 6.53. The summed E-state index contributed by atoms with van der Waals surface area (Å²) in [5, 5.41) is 9.72. The number of rotatable bonds is 10. The molecule has 2 heterocycles. The summed E-state index contributed by atoms with van der Waals surface area (Å²) in [6.07, 6.45) is 0.429. The number of nitrogens with one attached hydrogen (secondary N) is 2. The van der Waals surface area contributed by atoms with Gasteiger partial charge in [-0.1, -0.05) is 29.4 Å². The Labute approximate surface area is 208 Å². The van der Waals surface area contributed by atoms with Gasteiger partial charge in [0.2, 0.25) is 11.8 Å². The maximum atomic E-state index is 12.9. The topological polar surface area (TPSA) is 110 Å². The first kappa shape index (κ1) is 24.9. The van der Waals surface area contributed by atoms with Gasteiger partial charge >= 0.3 is 0 Å². The second kappa shape index (κ2) is 12.5. The average Bonchev–Trinajstić information content (AvgIpc) is 3.31. The Morgan fingerprint density at radius 3 is 2.74 bits per heavy atom. The number of ether oxygens (including phenoxy) is 1. The van der Waals surface area contributed by atoms with Crippen LogP contribution in [-0.4, -0.2) is 59.7 Å². The molecule has 1 aromatic heterocycles. The maximum Gasteiger partial charge on any atom is 0.252 e. The van der Waals surface area contributed by atoms with E-state index in [1.54, 1.807) is 13.0 Å². The fourth-order valence-electron chi connectivity index (χ4n) is 3.66. The smallest absolute Gasteiger partial charge is 0.252 e. The molecule has 0 radical (unpaired) electrons. The minimum absolute atomic E-state index is 0.0277. The molecule has 10 heteroatoms. The van der Waals surface area contributed by atoms with Crippen molar-refractivity contribution >= 4 is 29.3 Å². The molecule has 2 aromatic carbocycles. The van der Waals surface area contributed by atoms with E-state index in [9.17, 15) is 9.59 Å². The summed E-state index contributed by atoms with van der Waals surface area (Å²) >= 11 is 1.47. The minimum Gasteiger partial charge on any atom is -0.379 e. The summed E-state index contributed by atoms with van der Waals surface area (Å²) < 4.78 is 10.5. The number of carbonyl (C=O) groups excluding carboxylic acids is 2. The highest BCUT2D eigenvalue weighted by Crippen LogP contribution is 2.26. The Bertz CT molecular complexity index is 1150. The van der Waals surface area contributed by atoms with Crippen LogP contribution in [0.1, 0.15) is 34.1 Å². The standard InChI is InChI=1S/C25H29N5O4S/c1-18-27-24(34-29-18)17-35-22-8-3-2-7-21(22)25(32)26-16-19-5-4-6-20(15-19)28-23(31)9-10-30-11-13-33-14-12-30/h2-8,15H,9-14,16-17H2,1H3,(H,26,32)(H,28,31). The van der Waals surface area contributed by atoms with E-state index in [0.717, 1.165) is 42.4 Å². The van der Waals surface area contributed by atoms with E-state index in [4.69, 9.17) is 9.26 Å². The number of aryl methyl sites for hydroxylation is 1. The largest absolute Gasteiger partial charge is 0.379 e. The van der Waals surface area contributed by atoms with Gasteiger partial charge in [0, 0.05) is 43.2 Å². The lowest BCUT2D eigenvalue weighted by Gasteiger charge is -2.26. The Hall–Kier alpha value is -3.21. The van der Waals surface area contributed by atoms with Gasteiger partial charge in [-0.3, -0.25) is 14.5 Å². The predicted octanol–water partition coefficient (Wildman–Crippen LogP) is 3.26. The van der Waals surface area contributed by atoms with Crippen molar-refractivity contribution in [2.45, 2.75) is 30.5 Å². The molecule has 0 atom stereocenters. The lowest BCUT2D eigenvalue weighted by Crippen LogP contribution is -2.38. The molecule has 0 bridgehead atoms. The van der Waals surface area contributed by atoms with E-state index in [-0.39, 0.29) is 11.8 Å². The van der Waals surface area contributed by atoms with Crippen LogP contribution in [0.5, 0.6) is 0 Å². The number of morpholine rings is 1. The third-order valence-electron chi connectivity index (χ3n) is 5.48. The molecule has 0 spiro atoms. The fraction of sp³-hybridized carbons (Fsp3) is 0.360. The molecule has 1 aliphatic rings. The van der Waals surface area contributed by atoms with E-state index >= 15 is 0 Å². The predicted molar refractivity (Wildman–Crippen MR) is 133 cm³/mol. The summed E-state index contributed by atoms with van der Waals surface area (Å²) in [7, 11) is 0. The van der Waals surface area contributed by atoms with Crippen molar-refractivity contribution in [1.82, 2.24) is 20.4 Å². The molecule has 2 N–H and O–H groups in total. The van der Waals surface area contributed by atoms with Gasteiger partial charge in [0.05, 0.1) is 24.5 Å². The van der Waals surface area contributed by atoms with E-state index < -0.39 is 0 Å². The average molecular weight is 496 g/mol. The van der Waals surface area contributed by atoms with E-state index in [1.165, 1.54) is 11.8 Å². The molecule has 4 rings (SSSR count). The molecular formula is C25H29N5O4S. The zero-order valence-corrected chi connectivity index (χ0v) is 20.5. The van der Waals surface area contributed by atoms with E-state index in [1.807, 2.05) is 42.5 Å². The zero-order valence-electron chi connectivity index (χ0n) is 19.7. The van der Waals surface area contributed by atoms with Gasteiger partial charge in [0.1, 0.15) is 0 Å². The Balaban J connectivity index is 1.28. The van der Waals surface area contributed by atoms with E-state index in [2.05, 4.69) is 25.7 Å². The lowest BCUT2D eigenvalue weighted by atomic mass is 10.1. The van der Waals surface area contributed by atoms with Gasteiger partial charge in [-0.05, 0) is 36.8 Å². The first-order valence-electron chi connectivity index (χ1n) is 11.5. The van der Waals surface area contributed by atoms with Gasteiger partial charge in [-0.15, -0.1) is 11.8 Å². The molecule has 2 amide bonds. The van der Waals surface area contributed by atoms with Crippen LogP contribution >= 0.6 is 11.8 Å². The number of amides is 2. The number of carbonyl (C=O) groups is 2. The Kier molecular flexibility index (Phi) is 8.88. The number of nitrogens with zero attached hydrogens (tertiary/aromatic N) is 3. The first-order chi connectivity index (χ1) is 17.1. The van der Waals surface area contributed by atoms with Crippen molar-refractivity contribution in [1.29, 1.82) is 0 Å². The van der Waals surface area contributed by atoms with E-state index in [0.29, 0.717) is 42.5 Å². The SMILES string of the molecule is Cc1noc(CSc2ccccc2C(=O)NCc2cccc(NC(=O)CCN3CCOCC3)c2)n1. The normalized spacial score (nSPS) is 14.0. The number of thioether (sulfide) groups is 1. The highest BCUT2D eigenvalue weighted by atomic mass is 32.2. The number of anilines is 1. The van der Waals surface area contributed by atoms with Gasteiger partial charge < -0.3 is 19.9 Å². The van der Waals surface area contributed by atoms with Crippen molar-refractivity contribution in [3.05, 3.63) is 71.4 Å². The Morgan fingerprint density at radius 2 is 1.94 bits per heavy atom. The summed E-state index contributed by atoms with van der Waals surface area (Å²) in [5.74, 6) is 1.39. The van der Waals surface area contributed by atoms with Crippen molar-refractivity contribution in [3.8, 4) is 0 Å². The van der Waals surface area contributed by atoms with Gasteiger partial charge in [0.25, 0.3) is 5.91 Å². The molecule has 0 aliphatic carbocycles. The summed E-state index contributed by atoms with van der Waals surface area (Å²) in [6.45, 7) is 5.99. The summed E-state index contributed by atoms with van der Waals surface area (Å²) in [5.41, 5.74) is 2.20. The molecule has 1 fully saturated rings. The lowest BCUT2D eigenvalue weighted by molar-refractivity contribution is -0.116. The minimum atomic E-state index is -0.172. The van der Waals surface area contributed by atoms with Crippen LogP contribution in [0.2, 0.25) is 0 Å². The molecule has 0 saturated carbocycles. The van der Waals surface area contributed by atoms with Crippen molar-refractivity contribution in [2.75, 3.05) is 38.2 Å². The number of benzene rings is 2. The zero-order chi connectivity index (χ0) is 24.5. The Morgan fingerprint density at radius 1 is 1.11 bits per heavy atom. The first-order valence-corrected chi connectivity index (χ1v) is 12.5. The van der Waals surface area contributed by atoms with Crippen LogP contribution in [0, 0.1) is 6.92 Å². The van der Waals surface area contributed by atoms with Gasteiger partial charge in [-0.25, -0.2) is 0 Å². The summed E-state index contributed by atoms with van der Waals surface area (Å²) in [6, 6.07) is 14.9. The third kappa shape index (κ3) is 7.64. The maximum absolute atomic E-state index is 12.9. The highest BCUT2D eigenvalue weighted by Gasteiger charge is 2.14. The van der Waals surface area contributed by atoms with Crippen LogP contribution in [0.3, 0.4) is 0 Å². The fourth-order valence-corrected chi connectivity index (χ4v) is 4.55. The van der Waals surface area contributed by atoms with Gasteiger partial charge in [0.15, 0.2) is 5.82 Å². The second-order valence-electron chi connectivity index (χ2n) is 8.16. The number of aromatic nitrogens is 2. The molecule has 0 unspecified atom stereocenters. The van der Waals surface area contributed by atoms with Crippen LogP contribution < -0.4 is 10.6 Å². The molecular weight excluding hydrogens is 466 g/mol. The van der Waals surface area contributed by atoms with Crippen molar-refractivity contribution < 1.29 is 18.8 Å².